The third-order valence-electron chi connectivity index (χ3n) is 6.99. The van der Waals surface area contributed by atoms with Crippen LogP contribution in [0.15, 0.2) is 57.8 Å². The highest BCUT2D eigenvalue weighted by molar-refractivity contribution is 8.16. The molecule has 1 saturated carbocycles. The number of carbonyl (C=O) groups is 2. The highest BCUT2D eigenvalue weighted by atomic mass is 35.5. The van der Waals surface area contributed by atoms with E-state index in [4.69, 9.17) is 16.3 Å². The summed E-state index contributed by atoms with van der Waals surface area (Å²) in [6.45, 7) is 2.82. The molecule has 2 fully saturated rings. The maximum absolute atomic E-state index is 13.5. The SMILES string of the molecule is CCCCCCOc1ccc(NC(=O)CC2SC(=NS(=O)(=O)c3ccc(Cl)cc3)N(C3CCCCC3)C2=O)cc1. The molecule has 1 aliphatic carbocycles. The van der Waals surface area contributed by atoms with Crippen molar-refractivity contribution in [2.24, 2.45) is 4.40 Å². The van der Waals surface area contributed by atoms with E-state index in [-0.39, 0.29) is 34.3 Å². The Hall–Kier alpha value is -2.56. The minimum absolute atomic E-state index is 0.00405. The van der Waals surface area contributed by atoms with E-state index in [2.05, 4.69) is 16.6 Å². The second kappa shape index (κ2) is 14.4. The predicted octanol–water partition coefficient (Wildman–Crippen LogP) is 6.65. The average Bonchev–Trinajstić information content (AvgIpc) is 3.23. The number of anilines is 1. The minimum atomic E-state index is -4.07. The molecule has 2 aromatic carbocycles. The van der Waals surface area contributed by atoms with E-state index in [0.717, 1.165) is 62.5 Å². The summed E-state index contributed by atoms with van der Waals surface area (Å²) >= 11 is 6.95. The van der Waals surface area contributed by atoms with Crippen LogP contribution in [0.25, 0.3) is 0 Å². The summed E-state index contributed by atoms with van der Waals surface area (Å²) in [5.41, 5.74) is 0.599. The molecule has 216 valence electrons. The van der Waals surface area contributed by atoms with Crippen molar-refractivity contribution >= 4 is 56.1 Å². The first kappa shape index (κ1) is 30.4. The third-order valence-corrected chi connectivity index (χ3v) is 9.79. The van der Waals surface area contributed by atoms with Crippen molar-refractivity contribution in [3.63, 3.8) is 0 Å². The summed E-state index contributed by atoms with van der Waals surface area (Å²) in [5.74, 6) is 0.135. The fourth-order valence-electron chi connectivity index (χ4n) is 4.85. The number of thioether (sulfide) groups is 1. The van der Waals surface area contributed by atoms with Crippen molar-refractivity contribution < 1.29 is 22.7 Å². The van der Waals surface area contributed by atoms with Crippen LogP contribution < -0.4 is 10.1 Å². The molecule has 1 aliphatic heterocycles. The Morgan fingerprint density at radius 1 is 1.05 bits per heavy atom. The van der Waals surface area contributed by atoms with Gasteiger partial charge in [-0.2, -0.15) is 8.42 Å². The van der Waals surface area contributed by atoms with Crippen LogP contribution in [0.2, 0.25) is 5.02 Å². The number of carbonyl (C=O) groups excluding carboxylic acids is 2. The zero-order valence-corrected chi connectivity index (χ0v) is 25.1. The Labute approximate surface area is 246 Å². The van der Waals surface area contributed by atoms with Crippen LogP contribution in [0.3, 0.4) is 0 Å². The highest BCUT2D eigenvalue weighted by Crippen LogP contribution is 2.36. The lowest BCUT2D eigenvalue weighted by atomic mass is 9.94. The summed E-state index contributed by atoms with van der Waals surface area (Å²) in [6, 6.07) is 12.8. The summed E-state index contributed by atoms with van der Waals surface area (Å²) in [4.78, 5) is 27.9. The topological polar surface area (TPSA) is 105 Å². The molecular formula is C29H36ClN3O5S2. The van der Waals surface area contributed by atoms with E-state index in [9.17, 15) is 18.0 Å². The molecule has 1 N–H and O–H groups in total. The van der Waals surface area contributed by atoms with Gasteiger partial charge < -0.3 is 10.1 Å². The lowest BCUT2D eigenvalue weighted by molar-refractivity contribution is -0.130. The number of unbranched alkanes of at least 4 members (excludes halogenated alkanes) is 3. The largest absolute Gasteiger partial charge is 0.494 e. The molecule has 1 saturated heterocycles. The number of hydrogen-bond donors (Lipinski definition) is 1. The number of hydrogen-bond acceptors (Lipinski definition) is 6. The zero-order chi connectivity index (χ0) is 28.5. The second-order valence-electron chi connectivity index (χ2n) is 10.1. The maximum atomic E-state index is 13.5. The standard InChI is InChI=1S/C29H36ClN3O5S2/c1-2-3-4-8-19-38-24-15-13-22(14-16-24)31-27(34)20-26-28(35)33(23-9-6-5-7-10-23)29(39-26)32-40(36,37)25-17-11-21(30)12-18-25/h11-18,23,26H,2-10,19-20H2,1H3,(H,31,34). The van der Waals surface area contributed by atoms with Crippen LogP contribution in [0.4, 0.5) is 5.69 Å². The van der Waals surface area contributed by atoms with E-state index in [1.807, 2.05) is 12.1 Å². The van der Waals surface area contributed by atoms with E-state index in [1.165, 1.54) is 42.0 Å². The zero-order valence-electron chi connectivity index (χ0n) is 22.7. The van der Waals surface area contributed by atoms with E-state index in [0.29, 0.717) is 17.3 Å². The molecule has 40 heavy (non-hydrogen) atoms. The van der Waals surface area contributed by atoms with Gasteiger partial charge in [-0.25, -0.2) is 0 Å². The summed E-state index contributed by atoms with van der Waals surface area (Å²) in [7, 11) is -4.07. The van der Waals surface area contributed by atoms with Gasteiger partial charge in [-0.05, 0) is 67.8 Å². The summed E-state index contributed by atoms with van der Waals surface area (Å²) in [6.07, 6.45) is 8.97. The number of sulfonamides is 1. The molecule has 2 aliphatic rings. The number of amidine groups is 1. The van der Waals surface area contributed by atoms with Gasteiger partial charge in [-0.1, -0.05) is 68.8 Å². The number of ether oxygens (including phenoxy) is 1. The van der Waals surface area contributed by atoms with Crippen LogP contribution in [-0.2, 0) is 19.6 Å². The van der Waals surface area contributed by atoms with Crippen LogP contribution in [0, 0.1) is 0 Å². The fourth-order valence-corrected chi connectivity index (χ4v) is 7.38. The third kappa shape index (κ3) is 8.24. The molecule has 0 spiro atoms. The van der Waals surface area contributed by atoms with E-state index >= 15 is 0 Å². The van der Waals surface area contributed by atoms with Gasteiger partial charge in [-0.3, -0.25) is 14.5 Å². The highest BCUT2D eigenvalue weighted by Gasteiger charge is 2.43. The van der Waals surface area contributed by atoms with E-state index in [1.54, 1.807) is 12.1 Å². The monoisotopic (exact) mass is 605 g/mol. The molecule has 1 atom stereocenters. The molecule has 8 nitrogen and oxygen atoms in total. The van der Waals surface area contributed by atoms with Crippen molar-refractivity contribution in [2.45, 2.75) is 87.3 Å². The van der Waals surface area contributed by atoms with Gasteiger partial charge in [0.25, 0.3) is 10.0 Å². The van der Waals surface area contributed by atoms with Crippen molar-refractivity contribution in [3.05, 3.63) is 53.6 Å². The van der Waals surface area contributed by atoms with Gasteiger partial charge in [0.05, 0.1) is 11.5 Å². The van der Waals surface area contributed by atoms with Crippen LogP contribution in [0.1, 0.15) is 71.1 Å². The molecule has 1 heterocycles. The predicted molar refractivity (Wildman–Crippen MR) is 160 cm³/mol. The fraction of sp³-hybridized carbons (Fsp3) is 0.483. The first-order valence-corrected chi connectivity index (χ1v) is 16.6. The smallest absolute Gasteiger partial charge is 0.284 e. The molecule has 0 radical (unpaired) electrons. The molecule has 0 bridgehead atoms. The minimum Gasteiger partial charge on any atom is -0.494 e. The van der Waals surface area contributed by atoms with Crippen molar-refractivity contribution in [3.8, 4) is 5.75 Å². The van der Waals surface area contributed by atoms with Gasteiger partial charge in [0.1, 0.15) is 11.0 Å². The number of benzene rings is 2. The molecule has 1 unspecified atom stereocenters. The first-order chi connectivity index (χ1) is 19.3. The van der Waals surface area contributed by atoms with Gasteiger partial charge in [0, 0.05) is 23.2 Å². The van der Waals surface area contributed by atoms with E-state index < -0.39 is 15.3 Å². The number of nitrogens with zero attached hydrogens (tertiary/aromatic N) is 2. The molecule has 2 amide bonds. The van der Waals surface area contributed by atoms with Crippen molar-refractivity contribution in [2.75, 3.05) is 11.9 Å². The normalized spacial score (nSPS) is 19.2. The molecular weight excluding hydrogens is 570 g/mol. The number of nitrogens with one attached hydrogen (secondary N) is 1. The lowest BCUT2D eigenvalue weighted by Crippen LogP contribution is -2.42. The maximum Gasteiger partial charge on any atom is 0.284 e. The number of rotatable bonds is 12. The van der Waals surface area contributed by atoms with Crippen molar-refractivity contribution in [1.29, 1.82) is 0 Å². The average molecular weight is 606 g/mol. The summed E-state index contributed by atoms with van der Waals surface area (Å²) in [5, 5.41) is 2.63. The Morgan fingerprint density at radius 2 is 1.75 bits per heavy atom. The molecule has 2 aromatic rings. The van der Waals surface area contributed by atoms with Crippen LogP contribution in [0.5, 0.6) is 5.75 Å². The molecule has 4 rings (SSSR count). The van der Waals surface area contributed by atoms with Gasteiger partial charge in [0.15, 0.2) is 5.17 Å². The Kier molecular flexibility index (Phi) is 10.9. The Bertz CT molecular complexity index is 1290. The van der Waals surface area contributed by atoms with Gasteiger partial charge in [0.2, 0.25) is 11.8 Å². The first-order valence-electron chi connectivity index (χ1n) is 13.9. The van der Waals surface area contributed by atoms with Gasteiger partial charge in [-0.15, -0.1) is 4.40 Å². The lowest BCUT2D eigenvalue weighted by Gasteiger charge is -2.30. The number of halogens is 1. The van der Waals surface area contributed by atoms with Crippen LogP contribution in [-0.4, -0.2) is 48.2 Å². The molecule has 0 aromatic heterocycles. The van der Waals surface area contributed by atoms with Gasteiger partial charge >= 0.3 is 0 Å². The van der Waals surface area contributed by atoms with Crippen LogP contribution >= 0.6 is 23.4 Å². The Balaban J connectivity index is 1.42. The summed E-state index contributed by atoms with van der Waals surface area (Å²) < 4.78 is 36.0. The quantitative estimate of drug-likeness (QED) is 0.272. The number of amides is 2. The second-order valence-corrected chi connectivity index (χ2v) is 13.3. The molecule has 11 heteroatoms. The Morgan fingerprint density at radius 3 is 2.42 bits per heavy atom. The van der Waals surface area contributed by atoms with Crippen molar-refractivity contribution in [1.82, 2.24) is 4.90 Å².